The summed E-state index contributed by atoms with van der Waals surface area (Å²) in [5, 5.41) is 18.1. The Kier molecular flexibility index (Phi) is 4.97. The average molecular weight is 378 g/mol. The summed E-state index contributed by atoms with van der Waals surface area (Å²) in [4.78, 5) is 12.6. The lowest BCUT2D eigenvalue weighted by Gasteiger charge is -2.08. The summed E-state index contributed by atoms with van der Waals surface area (Å²) in [6.07, 6.45) is 0.720. The lowest BCUT2D eigenvalue weighted by molar-refractivity contribution is 0.629. The highest BCUT2D eigenvalue weighted by Gasteiger charge is 2.13. The zero-order valence-corrected chi connectivity index (χ0v) is 15.6. The molecule has 0 radical (unpaired) electrons. The van der Waals surface area contributed by atoms with E-state index in [2.05, 4.69) is 44.1 Å². The van der Waals surface area contributed by atoms with E-state index in [-0.39, 0.29) is 5.56 Å². The standard InChI is InChI=1S/C19H18N6OS/c1-2-24-17(12-14-8-4-3-5-9-14)21-22-19(24)27-13-25-18(26)15-10-6-7-11-16(15)20-23-25/h3-11H,2,12-13H2,1H3. The van der Waals surface area contributed by atoms with Gasteiger partial charge in [-0.1, -0.05) is 59.4 Å². The summed E-state index contributed by atoms with van der Waals surface area (Å²) >= 11 is 1.43. The number of rotatable bonds is 6. The predicted molar refractivity (Wildman–Crippen MR) is 105 cm³/mol. The maximum atomic E-state index is 12.6. The van der Waals surface area contributed by atoms with Gasteiger partial charge in [-0.3, -0.25) is 4.79 Å². The van der Waals surface area contributed by atoms with E-state index in [1.807, 2.05) is 30.3 Å². The molecule has 8 heteroatoms. The summed E-state index contributed by atoms with van der Waals surface area (Å²) in [6.45, 7) is 2.82. The van der Waals surface area contributed by atoms with Crippen molar-refractivity contribution in [1.82, 2.24) is 29.8 Å². The first-order valence-electron chi connectivity index (χ1n) is 8.67. The Morgan fingerprint density at radius 2 is 1.74 bits per heavy atom. The highest BCUT2D eigenvalue weighted by atomic mass is 32.2. The molecule has 4 rings (SSSR count). The SMILES string of the molecule is CCn1c(Cc2ccccc2)nnc1SCn1nnc2ccccc2c1=O. The second-order valence-corrected chi connectivity index (χ2v) is 6.90. The predicted octanol–water partition coefficient (Wildman–Crippen LogP) is 2.74. The summed E-state index contributed by atoms with van der Waals surface area (Å²) in [5.74, 6) is 1.24. The maximum absolute atomic E-state index is 12.6. The molecule has 2 aromatic heterocycles. The molecule has 0 bridgehead atoms. The minimum Gasteiger partial charge on any atom is -0.306 e. The molecule has 0 saturated heterocycles. The summed E-state index contributed by atoms with van der Waals surface area (Å²) < 4.78 is 3.43. The number of fused-ring (bicyclic) bond motifs is 1. The van der Waals surface area contributed by atoms with Gasteiger partial charge in [-0.2, -0.15) is 4.68 Å². The smallest absolute Gasteiger partial charge is 0.278 e. The van der Waals surface area contributed by atoms with E-state index in [0.717, 1.165) is 23.9 Å². The van der Waals surface area contributed by atoms with E-state index < -0.39 is 0 Å². The van der Waals surface area contributed by atoms with Crippen LogP contribution in [0.1, 0.15) is 18.3 Å². The molecule has 136 valence electrons. The third-order valence-corrected chi connectivity index (χ3v) is 5.19. The quantitative estimate of drug-likeness (QED) is 0.480. The zero-order valence-electron chi connectivity index (χ0n) is 14.8. The fourth-order valence-corrected chi connectivity index (χ4v) is 3.77. The third kappa shape index (κ3) is 3.61. The number of nitrogens with zero attached hydrogens (tertiary/aromatic N) is 6. The van der Waals surface area contributed by atoms with Crippen molar-refractivity contribution in [1.29, 1.82) is 0 Å². The molecule has 0 aliphatic carbocycles. The van der Waals surface area contributed by atoms with Gasteiger partial charge < -0.3 is 4.57 Å². The van der Waals surface area contributed by atoms with Crippen molar-refractivity contribution in [3.8, 4) is 0 Å². The Balaban J connectivity index is 1.55. The molecule has 2 heterocycles. The molecule has 0 aliphatic heterocycles. The zero-order chi connectivity index (χ0) is 18.6. The number of hydrogen-bond donors (Lipinski definition) is 0. The Labute approximate surface area is 160 Å². The molecule has 7 nitrogen and oxygen atoms in total. The Morgan fingerprint density at radius 1 is 0.963 bits per heavy atom. The van der Waals surface area contributed by atoms with Crippen molar-refractivity contribution in [2.45, 2.75) is 30.9 Å². The lowest BCUT2D eigenvalue weighted by atomic mass is 10.1. The number of aromatic nitrogens is 6. The monoisotopic (exact) mass is 378 g/mol. The summed E-state index contributed by atoms with van der Waals surface area (Å²) in [7, 11) is 0. The van der Waals surface area contributed by atoms with Gasteiger partial charge in [-0.15, -0.1) is 15.3 Å². The summed E-state index contributed by atoms with van der Waals surface area (Å²) in [5.41, 5.74) is 1.64. The minimum atomic E-state index is -0.153. The number of hydrogen-bond acceptors (Lipinski definition) is 6. The Hall–Kier alpha value is -3.00. The van der Waals surface area contributed by atoms with E-state index >= 15 is 0 Å². The lowest BCUT2D eigenvalue weighted by Crippen LogP contribution is -2.23. The molecule has 0 unspecified atom stereocenters. The molecule has 2 aromatic carbocycles. The molecule has 4 aromatic rings. The van der Waals surface area contributed by atoms with Gasteiger partial charge in [-0.05, 0) is 24.6 Å². The van der Waals surface area contributed by atoms with E-state index in [1.165, 1.54) is 22.0 Å². The molecular formula is C19H18N6OS. The molecule has 0 saturated carbocycles. The first-order valence-corrected chi connectivity index (χ1v) is 9.66. The molecule has 0 atom stereocenters. The van der Waals surface area contributed by atoms with E-state index in [0.29, 0.717) is 16.8 Å². The van der Waals surface area contributed by atoms with Crippen LogP contribution < -0.4 is 5.56 Å². The van der Waals surface area contributed by atoms with Gasteiger partial charge in [0.1, 0.15) is 11.3 Å². The second-order valence-electron chi connectivity index (χ2n) is 5.99. The van der Waals surface area contributed by atoms with Crippen LogP contribution in [0.15, 0.2) is 64.5 Å². The normalized spacial score (nSPS) is 11.1. The van der Waals surface area contributed by atoms with Gasteiger partial charge in [0, 0.05) is 13.0 Å². The van der Waals surface area contributed by atoms with Crippen LogP contribution in [0.2, 0.25) is 0 Å². The first kappa shape index (κ1) is 17.4. The van der Waals surface area contributed by atoms with Crippen LogP contribution in [-0.2, 0) is 18.8 Å². The van der Waals surface area contributed by atoms with Crippen molar-refractivity contribution in [3.05, 3.63) is 76.3 Å². The van der Waals surface area contributed by atoms with Crippen molar-refractivity contribution in [3.63, 3.8) is 0 Å². The van der Waals surface area contributed by atoms with Crippen LogP contribution in [-0.4, -0.2) is 29.8 Å². The Morgan fingerprint density at radius 3 is 2.56 bits per heavy atom. The van der Waals surface area contributed by atoms with Gasteiger partial charge in [0.15, 0.2) is 5.16 Å². The fourth-order valence-electron chi connectivity index (χ4n) is 2.88. The molecule has 0 fully saturated rings. The average Bonchev–Trinajstić information content (AvgIpc) is 3.10. The molecule has 0 amide bonds. The van der Waals surface area contributed by atoms with Crippen LogP contribution in [0.3, 0.4) is 0 Å². The number of thioether (sulfide) groups is 1. The molecule has 27 heavy (non-hydrogen) atoms. The van der Waals surface area contributed by atoms with Crippen LogP contribution in [0.25, 0.3) is 10.9 Å². The first-order chi connectivity index (χ1) is 13.3. The van der Waals surface area contributed by atoms with Gasteiger partial charge >= 0.3 is 0 Å². The molecule has 0 spiro atoms. The van der Waals surface area contributed by atoms with Crippen molar-refractivity contribution in [2.24, 2.45) is 0 Å². The van der Waals surface area contributed by atoms with Crippen molar-refractivity contribution >= 4 is 22.7 Å². The second kappa shape index (κ2) is 7.71. The van der Waals surface area contributed by atoms with E-state index in [1.54, 1.807) is 12.1 Å². The van der Waals surface area contributed by atoms with Crippen LogP contribution in [0.4, 0.5) is 0 Å². The Bertz CT molecular complexity index is 1120. The van der Waals surface area contributed by atoms with Crippen LogP contribution >= 0.6 is 11.8 Å². The van der Waals surface area contributed by atoms with Crippen LogP contribution in [0, 0.1) is 0 Å². The van der Waals surface area contributed by atoms with Gasteiger partial charge in [0.05, 0.1) is 11.3 Å². The topological polar surface area (TPSA) is 78.5 Å². The number of benzene rings is 2. The fraction of sp³-hybridized carbons (Fsp3) is 0.211. The van der Waals surface area contributed by atoms with Gasteiger partial charge in [0.2, 0.25) is 0 Å². The highest BCUT2D eigenvalue weighted by molar-refractivity contribution is 7.98. The van der Waals surface area contributed by atoms with Crippen LogP contribution in [0.5, 0.6) is 0 Å². The highest BCUT2D eigenvalue weighted by Crippen LogP contribution is 2.20. The van der Waals surface area contributed by atoms with Gasteiger partial charge in [-0.25, -0.2) is 0 Å². The molecule has 0 N–H and O–H groups in total. The van der Waals surface area contributed by atoms with Gasteiger partial charge in [0.25, 0.3) is 5.56 Å². The molecular weight excluding hydrogens is 360 g/mol. The van der Waals surface area contributed by atoms with E-state index in [9.17, 15) is 4.79 Å². The van der Waals surface area contributed by atoms with Crippen molar-refractivity contribution < 1.29 is 0 Å². The maximum Gasteiger partial charge on any atom is 0.278 e. The third-order valence-electron chi connectivity index (χ3n) is 4.26. The van der Waals surface area contributed by atoms with Crippen molar-refractivity contribution in [2.75, 3.05) is 0 Å². The van der Waals surface area contributed by atoms with E-state index in [4.69, 9.17) is 0 Å². The largest absolute Gasteiger partial charge is 0.306 e. The summed E-state index contributed by atoms with van der Waals surface area (Å²) in [6, 6.07) is 17.4. The minimum absolute atomic E-state index is 0.153. The molecule has 0 aliphatic rings.